The van der Waals surface area contributed by atoms with Crippen LogP contribution in [0, 0.1) is 5.92 Å². The van der Waals surface area contributed by atoms with E-state index < -0.39 is 0 Å². The molecular formula is C17H20N4O. The van der Waals surface area contributed by atoms with E-state index in [4.69, 9.17) is 0 Å². The molecule has 2 aromatic heterocycles. The largest absolute Gasteiger partial charge is 0.340 e. The maximum atomic E-state index is 12.7. The molecule has 2 aromatic rings. The second-order valence-electron chi connectivity index (χ2n) is 6.30. The highest BCUT2D eigenvalue weighted by molar-refractivity contribution is 5.83. The normalized spacial score (nSPS) is 27.6. The Morgan fingerprint density at radius 2 is 2.23 bits per heavy atom. The summed E-state index contributed by atoms with van der Waals surface area (Å²) in [4.78, 5) is 18.9. The number of carbonyl (C=O) groups excluding carboxylic acids is 1. The molecule has 1 saturated heterocycles. The van der Waals surface area contributed by atoms with E-state index in [1.807, 2.05) is 34.1 Å². The van der Waals surface area contributed by atoms with Gasteiger partial charge in [0.15, 0.2) is 0 Å². The third kappa shape index (κ3) is 2.51. The summed E-state index contributed by atoms with van der Waals surface area (Å²) < 4.78 is 1.99. The second-order valence-corrected chi connectivity index (χ2v) is 6.30. The van der Waals surface area contributed by atoms with E-state index >= 15 is 0 Å². The fourth-order valence-corrected chi connectivity index (χ4v) is 3.53. The van der Waals surface area contributed by atoms with E-state index in [0.717, 1.165) is 32.4 Å². The SMILES string of the molecule is O=C([C@@H]1C[C@H]1c1cccnc1)N1CCC[C@H](n2cccn2)C1. The topological polar surface area (TPSA) is 51.0 Å². The molecular weight excluding hydrogens is 276 g/mol. The number of piperidine rings is 1. The molecule has 0 aromatic carbocycles. The van der Waals surface area contributed by atoms with Gasteiger partial charge >= 0.3 is 0 Å². The average molecular weight is 296 g/mol. The molecule has 2 aliphatic rings. The van der Waals surface area contributed by atoms with Gasteiger partial charge in [-0.25, -0.2) is 0 Å². The summed E-state index contributed by atoms with van der Waals surface area (Å²) in [5.74, 6) is 0.831. The Balaban J connectivity index is 1.41. The van der Waals surface area contributed by atoms with Crippen molar-refractivity contribution < 1.29 is 4.79 Å². The van der Waals surface area contributed by atoms with Crippen molar-refractivity contribution in [2.24, 2.45) is 5.92 Å². The highest BCUT2D eigenvalue weighted by atomic mass is 16.2. The number of aromatic nitrogens is 3. The molecule has 0 unspecified atom stereocenters. The standard InChI is InChI=1S/C17H20N4O/c22-17(16-10-15(16)13-4-1-6-18-11-13)20-8-2-5-14(12-20)21-9-3-7-19-21/h1,3-4,6-7,9,11,14-16H,2,5,8,10,12H2/t14-,15-,16+/m0/s1. The number of likely N-dealkylation sites (tertiary alicyclic amines) is 1. The molecule has 3 atom stereocenters. The summed E-state index contributed by atoms with van der Waals surface area (Å²) in [6.45, 7) is 1.67. The Hall–Kier alpha value is -2.17. The molecule has 1 saturated carbocycles. The molecule has 2 fully saturated rings. The van der Waals surface area contributed by atoms with Crippen LogP contribution in [0.15, 0.2) is 43.0 Å². The smallest absolute Gasteiger partial charge is 0.226 e. The molecule has 0 spiro atoms. The first kappa shape index (κ1) is 13.5. The number of hydrogen-bond acceptors (Lipinski definition) is 3. The van der Waals surface area contributed by atoms with E-state index in [-0.39, 0.29) is 5.92 Å². The predicted molar refractivity (Wildman–Crippen MR) is 82.2 cm³/mol. The van der Waals surface area contributed by atoms with Crippen LogP contribution in [-0.4, -0.2) is 38.7 Å². The van der Waals surface area contributed by atoms with Crippen LogP contribution in [0.1, 0.15) is 36.8 Å². The zero-order valence-corrected chi connectivity index (χ0v) is 12.5. The van der Waals surface area contributed by atoms with Gasteiger partial charge in [-0.05, 0) is 42.9 Å². The fraction of sp³-hybridized carbons (Fsp3) is 0.471. The van der Waals surface area contributed by atoms with Crippen LogP contribution < -0.4 is 0 Å². The number of nitrogens with zero attached hydrogens (tertiary/aromatic N) is 4. The third-order valence-electron chi connectivity index (χ3n) is 4.83. The van der Waals surface area contributed by atoms with E-state index in [1.54, 1.807) is 12.4 Å². The minimum Gasteiger partial charge on any atom is -0.340 e. The molecule has 114 valence electrons. The lowest BCUT2D eigenvalue weighted by molar-refractivity contribution is -0.134. The van der Waals surface area contributed by atoms with Gasteiger partial charge in [0, 0.05) is 43.8 Å². The molecule has 1 aliphatic carbocycles. The summed E-state index contributed by atoms with van der Waals surface area (Å²) >= 11 is 0. The predicted octanol–water partition coefficient (Wildman–Crippen LogP) is 2.25. The summed E-state index contributed by atoms with van der Waals surface area (Å²) in [6, 6.07) is 6.29. The van der Waals surface area contributed by atoms with Crippen LogP contribution in [0.5, 0.6) is 0 Å². The van der Waals surface area contributed by atoms with Gasteiger partial charge in [0.05, 0.1) is 6.04 Å². The quantitative estimate of drug-likeness (QED) is 0.873. The monoisotopic (exact) mass is 296 g/mol. The van der Waals surface area contributed by atoms with Crippen molar-refractivity contribution in [2.75, 3.05) is 13.1 Å². The summed E-state index contributed by atoms with van der Waals surface area (Å²) in [5.41, 5.74) is 1.20. The molecule has 1 amide bonds. The van der Waals surface area contributed by atoms with Crippen molar-refractivity contribution in [1.29, 1.82) is 0 Å². The van der Waals surface area contributed by atoms with Gasteiger partial charge < -0.3 is 4.90 Å². The Morgan fingerprint density at radius 1 is 1.27 bits per heavy atom. The van der Waals surface area contributed by atoms with Gasteiger partial charge in [0.1, 0.15) is 0 Å². The minimum absolute atomic E-state index is 0.153. The molecule has 0 radical (unpaired) electrons. The van der Waals surface area contributed by atoms with E-state index in [1.165, 1.54) is 5.56 Å². The zero-order chi connectivity index (χ0) is 14.9. The van der Waals surface area contributed by atoms with Crippen molar-refractivity contribution in [1.82, 2.24) is 19.7 Å². The van der Waals surface area contributed by atoms with Crippen molar-refractivity contribution in [3.05, 3.63) is 48.5 Å². The molecule has 0 N–H and O–H groups in total. The van der Waals surface area contributed by atoms with Crippen LogP contribution in [0.3, 0.4) is 0 Å². The second kappa shape index (κ2) is 5.55. The zero-order valence-electron chi connectivity index (χ0n) is 12.5. The lowest BCUT2D eigenvalue weighted by atomic mass is 10.0. The first-order chi connectivity index (χ1) is 10.8. The van der Waals surface area contributed by atoms with Gasteiger partial charge in [0.2, 0.25) is 5.91 Å². The summed E-state index contributed by atoms with van der Waals surface area (Å²) in [7, 11) is 0. The summed E-state index contributed by atoms with van der Waals surface area (Å²) in [6.07, 6.45) is 10.6. The lowest BCUT2D eigenvalue weighted by Crippen LogP contribution is -2.41. The molecule has 4 rings (SSSR count). The number of pyridine rings is 1. The Morgan fingerprint density at radius 3 is 3.00 bits per heavy atom. The third-order valence-corrected chi connectivity index (χ3v) is 4.83. The molecule has 3 heterocycles. The number of hydrogen-bond donors (Lipinski definition) is 0. The number of amides is 1. The highest BCUT2D eigenvalue weighted by Crippen LogP contribution is 2.48. The van der Waals surface area contributed by atoms with Crippen molar-refractivity contribution >= 4 is 5.91 Å². The Labute approximate surface area is 130 Å². The fourth-order valence-electron chi connectivity index (χ4n) is 3.53. The van der Waals surface area contributed by atoms with Crippen molar-refractivity contribution in [3.63, 3.8) is 0 Å². The Bertz CT molecular complexity index is 640. The van der Waals surface area contributed by atoms with Crippen molar-refractivity contribution in [3.8, 4) is 0 Å². The lowest BCUT2D eigenvalue weighted by Gasteiger charge is -2.33. The van der Waals surface area contributed by atoms with Crippen molar-refractivity contribution in [2.45, 2.75) is 31.2 Å². The van der Waals surface area contributed by atoms with Crippen LogP contribution in [0.25, 0.3) is 0 Å². The molecule has 5 nitrogen and oxygen atoms in total. The minimum atomic E-state index is 0.153. The molecule has 22 heavy (non-hydrogen) atoms. The van der Waals surface area contributed by atoms with Gasteiger partial charge in [-0.3, -0.25) is 14.5 Å². The van der Waals surface area contributed by atoms with Gasteiger partial charge in [-0.15, -0.1) is 0 Å². The first-order valence-electron chi connectivity index (χ1n) is 8.01. The average Bonchev–Trinajstić information content (AvgIpc) is 3.19. The van der Waals surface area contributed by atoms with Gasteiger partial charge in [0.25, 0.3) is 0 Å². The molecule has 5 heteroatoms. The van der Waals surface area contributed by atoms with Crippen LogP contribution >= 0.6 is 0 Å². The van der Waals surface area contributed by atoms with Gasteiger partial charge in [-0.2, -0.15) is 5.10 Å². The van der Waals surface area contributed by atoms with Crippen LogP contribution in [-0.2, 0) is 4.79 Å². The van der Waals surface area contributed by atoms with Gasteiger partial charge in [-0.1, -0.05) is 6.07 Å². The maximum absolute atomic E-state index is 12.7. The van der Waals surface area contributed by atoms with Crippen LogP contribution in [0.4, 0.5) is 0 Å². The van der Waals surface area contributed by atoms with E-state index in [9.17, 15) is 4.79 Å². The molecule has 0 bridgehead atoms. The number of rotatable bonds is 3. The summed E-state index contributed by atoms with van der Waals surface area (Å²) in [5, 5.41) is 4.33. The Kier molecular flexibility index (Phi) is 3.41. The maximum Gasteiger partial charge on any atom is 0.226 e. The number of carbonyl (C=O) groups is 1. The first-order valence-corrected chi connectivity index (χ1v) is 8.01. The highest BCUT2D eigenvalue weighted by Gasteiger charge is 2.46. The molecule has 1 aliphatic heterocycles. The van der Waals surface area contributed by atoms with Crippen LogP contribution in [0.2, 0.25) is 0 Å². The van der Waals surface area contributed by atoms with E-state index in [2.05, 4.69) is 16.1 Å². The van der Waals surface area contributed by atoms with E-state index in [0.29, 0.717) is 17.9 Å².